The molecule has 1 fully saturated rings. The van der Waals surface area contributed by atoms with Gasteiger partial charge >= 0.3 is 0 Å². The molecule has 1 saturated heterocycles. The minimum absolute atomic E-state index is 0.110. The van der Waals surface area contributed by atoms with Crippen LogP contribution in [0.4, 0.5) is 0 Å². The summed E-state index contributed by atoms with van der Waals surface area (Å²) in [4.78, 5) is 12.8. The van der Waals surface area contributed by atoms with Crippen LogP contribution in [0.25, 0.3) is 11.4 Å². The van der Waals surface area contributed by atoms with Gasteiger partial charge in [0.1, 0.15) is 5.82 Å². The van der Waals surface area contributed by atoms with E-state index in [1.165, 1.54) is 10.6 Å². The summed E-state index contributed by atoms with van der Waals surface area (Å²) in [7, 11) is -1.78. The van der Waals surface area contributed by atoms with Crippen LogP contribution in [-0.4, -0.2) is 49.9 Å². The van der Waals surface area contributed by atoms with Gasteiger partial charge in [-0.15, -0.1) is 0 Å². The van der Waals surface area contributed by atoms with Crippen molar-refractivity contribution >= 4 is 10.0 Å². The molecule has 0 aromatic carbocycles. The van der Waals surface area contributed by atoms with Gasteiger partial charge in [-0.05, 0) is 31.9 Å². The summed E-state index contributed by atoms with van der Waals surface area (Å²) in [5.41, 5.74) is 2.04. The normalized spacial score (nSPS) is 16.7. The summed E-state index contributed by atoms with van der Waals surface area (Å²) >= 11 is 0. The lowest BCUT2D eigenvalue weighted by molar-refractivity contribution is 0.273. The number of hydrogen-bond donors (Lipinski definition) is 0. The fourth-order valence-electron chi connectivity index (χ4n) is 3.61. The number of pyridine rings is 1. The molecule has 9 heteroatoms. The molecule has 0 bridgehead atoms. The number of aryl methyl sites for hydroxylation is 2. The first-order valence-electron chi connectivity index (χ1n) is 8.89. The molecule has 4 heterocycles. The highest BCUT2D eigenvalue weighted by Gasteiger charge is 2.32. The smallest absolute Gasteiger partial charge is 0.262 e. The van der Waals surface area contributed by atoms with Crippen LogP contribution < -0.4 is 0 Å². The van der Waals surface area contributed by atoms with E-state index in [-0.39, 0.29) is 11.1 Å². The number of piperidine rings is 1. The third-order valence-corrected chi connectivity index (χ3v) is 6.76. The van der Waals surface area contributed by atoms with E-state index in [0.29, 0.717) is 13.1 Å². The Kier molecular flexibility index (Phi) is 4.56. The van der Waals surface area contributed by atoms with E-state index in [1.54, 1.807) is 30.2 Å². The van der Waals surface area contributed by atoms with Gasteiger partial charge in [-0.3, -0.25) is 4.98 Å². The first-order valence-corrected chi connectivity index (χ1v) is 10.3. The molecule has 0 N–H and O–H groups in total. The Hall–Kier alpha value is -2.52. The molecule has 0 spiro atoms. The second-order valence-electron chi connectivity index (χ2n) is 6.85. The van der Waals surface area contributed by atoms with Crippen molar-refractivity contribution in [1.29, 1.82) is 0 Å². The van der Waals surface area contributed by atoms with Gasteiger partial charge in [0.05, 0.1) is 6.33 Å². The molecule has 3 aromatic heterocycles. The van der Waals surface area contributed by atoms with Crippen molar-refractivity contribution < 1.29 is 8.42 Å². The Morgan fingerprint density at radius 3 is 2.56 bits per heavy atom. The summed E-state index contributed by atoms with van der Waals surface area (Å²) in [6.07, 6.45) is 9.92. The molecule has 0 amide bonds. The van der Waals surface area contributed by atoms with Gasteiger partial charge in [-0.1, -0.05) is 0 Å². The van der Waals surface area contributed by atoms with Crippen molar-refractivity contribution in [2.24, 2.45) is 7.05 Å². The Morgan fingerprint density at radius 1 is 1.15 bits per heavy atom. The molecule has 0 atom stereocenters. The fraction of sp³-hybridized carbons (Fsp3) is 0.389. The van der Waals surface area contributed by atoms with Gasteiger partial charge in [-0.2, -0.15) is 4.31 Å². The Labute approximate surface area is 158 Å². The van der Waals surface area contributed by atoms with Gasteiger partial charge in [-0.25, -0.2) is 18.4 Å². The highest BCUT2D eigenvalue weighted by atomic mass is 32.2. The van der Waals surface area contributed by atoms with Crippen LogP contribution in [0, 0.1) is 6.92 Å². The number of imidazole rings is 2. The zero-order valence-electron chi connectivity index (χ0n) is 15.4. The topological polar surface area (TPSA) is 85.9 Å². The van der Waals surface area contributed by atoms with E-state index < -0.39 is 10.0 Å². The summed E-state index contributed by atoms with van der Waals surface area (Å²) in [5.74, 6) is 0.881. The lowest BCUT2D eigenvalue weighted by atomic mass is 10.1. The molecule has 4 rings (SSSR count). The maximum Gasteiger partial charge on any atom is 0.262 e. The van der Waals surface area contributed by atoms with E-state index >= 15 is 0 Å². The average molecular weight is 386 g/mol. The van der Waals surface area contributed by atoms with Crippen molar-refractivity contribution in [1.82, 2.24) is 28.4 Å². The van der Waals surface area contributed by atoms with Crippen LogP contribution in [-0.2, 0) is 17.1 Å². The largest absolute Gasteiger partial charge is 0.339 e. The van der Waals surface area contributed by atoms with Gasteiger partial charge in [0.25, 0.3) is 10.0 Å². The second kappa shape index (κ2) is 6.90. The summed E-state index contributed by atoms with van der Waals surface area (Å²) < 4.78 is 30.9. The van der Waals surface area contributed by atoms with Gasteiger partial charge in [0, 0.05) is 62.2 Å². The SMILES string of the molecule is Cc1cnc(-c2cccnc2)n1C1CCN(S(=O)(=O)c2cn(C)cn2)CC1. The van der Waals surface area contributed by atoms with E-state index in [1.807, 2.05) is 25.3 Å². The predicted molar refractivity (Wildman–Crippen MR) is 100 cm³/mol. The molecule has 8 nitrogen and oxygen atoms in total. The molecule has 27 heavy (non-hydrogen) atoms. The standard InChI is InChI=1S/C18H22N6O2S/c1-14-10-20-18(15-4-3-7-19-11-15)24(14)16-5-8-23(9-6-16)27(25,26)17-12-22(2)13-21-17/h3-4,7,10-13,16H,5-6,8-9H2,1-2H3. The van der Waals surface area contributed by atoms with Crippen LogP contribution in [0.15, 0.2) is 48.3 Å². The van der Waals surface area contributed by atoms with Crippen LogP contribution >= 0.6 is 0 Å². The number of nitrogens with zero attached hydrogens (tertiary/aromatic N) is 6. The van der Waals surface area contributed by atoms with Crippen LogP contribution in [0.2, 0.25) is 0 Å². The summed E-state index contributed by atoms with van der Waals surface area (Å²) in [6.45, 7) is 2.96. The fourth-order valence-corrected chi connectivity index (χ4v) is 5.05. The van der Waals surface area contributed by atoms with Crippen molar-refractivity contribution in [2.75, 3.05) is 13.1 Å². The Morgan fingerprint density at radius 2 is 1.93 bits per heavy atom. The first kappa shape index (κ1) is 17.9. The number of rotatable bonds is 4. The molecule has 0 saturated carbocycles. The van der Waals surface area contributed by atoms with E-state index in [9.17, 15) is 8.42 Å². The number of sulfonamides is 1. The molecule has 142 valence electrons. The molecule has 0 unspecified atom stereocenters. The number of hydrogen-bond acceptors (Lipinski definition) is 5. The third-order valence-electron chi connectivity index (χ3n) is 4.98. The first-order chi connectivity index (χ1) is 13.0. The molecule has 3 aromatic rings. The summed E-state index contributed by atoms with van der Waals surface area (Å²) in [5, 5.41) is 0.110. The summed E-state index contributed by atoms with van der Waals surface area (Å²) in [6, 6.07) is 4.09. The average Bonchev–Trinajstić information content (AvgIpc) is 3.29. The maximum absolute atomic E-state index is 12.8. The molecular weight excluding hydrogens is 364 g/mol. The molecule has 1 aliphatic heterocycles. The third kappa shape index (κ3) is 3.28. The minimum atomic E-state index is -3.54. The quantitative estimate of drug-likeness (QED) is 0.685. The Balaban J connectivity index is 1.55. The molecular formula is C18H22N6O2S. The van der Waals surface area contributed by atoms with Gasteiger partial charge in [0.15, 0.2) is 5.03 Å². The minimum Gasteiger partial charge on any atom is -0.339 e. The monoisotopic (exact) mass is 386 g/mol. The van der Waals surface area contributed by atoms with Crippen molar-refractivity contribution in [3.05, 3.63) is 48.9 Å². The van der Waals surface area contributed by atoms with Crippen molar-refractivity contribution in [2.45, 2.75) is 30.8 Å². The van der Waals surface area contributed by atoms with E-state index in [2.05, 4.69) is 19.5 Å². The highest BCUT2D eigenvalue weighted by molar-refractivity contribution is 7.89. The maximum atomic E-state index is 12.8. The zero-order chi connectivity index (χ0) is 19.0. The predicted octanol–water partition coefficient (Wildman–Crippen LogP) is 2.01. The van der Waals surface area contributed by atoms with E-state index in [4.69, 9.17) is 0 Å². The van der Waals surface area contributed by atoms with Crippen molar-refractivity contribution in [3.8, 4) is 11.4 Å². The number of aromatic nitrogens is 5. The van der Waals surface area contributed by atoms with Crippen LogP contribution in [0.3, 0.4) is 0 Å². The zero-order valence-corrected chi connectivity index (χ0v) is 16.2. The van der Waals surface area contributed by atoms with Gasteiger partial charge in [0.2, 0.25) is 0 Å². The van der Waals surface area contributed by atoms with Crippen molar-refractivity contribution in [3.63, 3.8) is 0 Å². The second-order valence-corrected chi connectivity index (χ2v) is 8.73. The highest BCUT2D eigenvalue weighted by Crippen LogP contribution is 2.31. The lowest BCUT2D eigenvalue weighted by Crippen LogP contribution is -2.39. The lowest BCUT2D eigenvalue weighted by Gasteiger charge is -2.32. The molecule has 0 aliphatic carbocycles. The Bertz CT molecular complexity index is 1030. The van der Waals surface area contributed by atoms with E-state index in [0.717, 1.165) is 29.9 Å². The van der Waals surface area contributed by atoms with Gasteiger partial charge < -0.3 is 9.13 Å². The van der Waals surface area contributed by atoms with Crippen LogP contribution in [0.1, 0.15) is 24.6 Å². The van der Waals surface area contributed by atoms with Crippen LogP contribution in [0.5, 0.6) is 0 Å². The molecule has 0 radical (unpaired) electrons. The molecule has 1 aliphatic rings.